The summed E-state index contributed by atoms with van der Waals surface area (Å²) in [6.45, 7) is 1.39. The van der Waals surface area contributed by atoms with Crippen molar-refractivity contribution in [2.24, 2.45) is 5.92 Å². The van der Waals surface area contributed by atoms with Gasteiger partial charge in [0, 0.05) is 12.1 Å². The fraction of sp³-hybridized carbons (Fsp3) is 0.692. The molecule has 21 heavy (non-hydrogen) atoms. The van der Waals surface area contributed by atoms with Gasteiger partial charge in [-0.2, -0.15) is 0 Å². The van der Waals surface area contributed by atoms with Gasteiger partial charge < -0.3 is 14.9 Å². The molecule has 3 aliphatic rings. The lowest BCUT2D eigenvalue weighted by Crippen LogP contribution is -2.61. The number of imide groups is 1. The Morgan fingerprint density at radius 1 is 1.29 bits per heavy atom. The second kappa shape index (κ2) is 4.71. The Morgan fingerprint density at radius 3 is 2.62 bits per heavy atom. The molecule has 0 aliphatic carbocycles. The lowest BCUT2D eigenvalue weighted by molar-refractivity contribution is -0.143. The summed E-state index contributed by atoms with van der Waals surface area (Å²) in [5, 5.41) is 11.4. The number of hydrogen-bond acceptors (Lipinski definition) is 4. The van der Waals surface area contributed by atoms with E-state index in [0.717, 1.165) is 6.42 Å². The highest BCUT2D eigenvalue weighted by molar-refractivity contribution is 6.04. The van der Waals surface area contributed by atoms with Crippen LogP contribution in [0.4, 0.5) is 4.79 Å². The molecule has 114 valence electrons. The van der Waals surface area contributed by atoms with Crippen molar-refractivity contribution in [3.63, 3.8) is 0 Å². The lowest BCUT2D eigenvalue weighted by atomic mass is 9.89. The SMILES string of the molecule is CC1C(=O)NC(=O)CN1C(=O)N1C2CCC1C(C(=O)O)C2. The molecule has 0 saturated carbocycles. The number of piperazine rings is 1. The Kier molecular flexibility index (Phi) is 3.11. The van der Waals surface area contributed by atoms with Gasteiger partial charge in [0.15, 0.2) is 0 Å². The number of carboxylic acids is 1. The molecule has 0 aromatic heterocycles. The number of hydrogen-bond donors (Lipinski definition) is 2. The van der Waals surface area contributed by atoms with E-state index in [0.29, 0.717) is 12.8 Å². The molecule has 3 saturated heterocycles. The molecule has 3 heterocycles. The van der Waals surface area contributed by atoms with Crippen molar-refractivity contribution in [1.82, 2.24) is 15.1 Å². The number of fused-ring (bicyclic) bond motifs is 2. The molecule has 0 spiro atoms. The van der Waals surface area contributed by atoms with Crippen LogP contribution in [0.15, 0.2) is 0 Å². The van der Waals surface area contributed by atoms with Crippen molar-refractivity contribution in [2.75, 3.05) is 6.54 Å². The fourth-order valence-electron chi connectivity index (χ4n) is 3.65. The summed E-state index contributed by atoms with van der Waals surface area (Å²) in [6, 6.07) is -1.55. The van der Waals surface area contributed by atoms with Crippen molar-refractivity contribution in [2.45, 2.75) is 44.3 Å². The van der Waals surface area contributed by atoms with Crippen LogP contribution in [0, 0.1) is 5.92 Å². The van der Waals surface area contributed by atoms with Gasteiger partial charge in [0.1, 0.15) is 12.6 Å². The maximum Gasteiger partial charge on any atom is 0.321 e. The highest BCUT2D eigenvalue weighted by Gasteiger charge is 2.53. The number of carboxylic acid groups (broad SMARTS) is 1. The number of nitrogens with zero attached hydrogens (tertiary/aromatic N) is 2. The van der Waals surface area contributed by atoms with Gasteiger partial charge >= 0.3 is 12.0 Å². The highest BCUT2D eigenvalue weighted by atomic mass is 16.4. The summed E-state index contributed by atoms with van der Waals surface area (Å²) in [6.07, 6.45) is 1.90. The highest BCUT2D eigenvalue weighted by Crippen LogP contribution is 2.42. The third kappa shape index (κ3) is 2.05. The quantitative estimate of drug-likeness (QED) is 0.628. The van der Waals surface area contributed by atoms with E-state index in [4.69, 9.17) is 0 Å². The van der Waals surface area contributed by atoms with E-state index in [9.17, 15) is 24.3 Å². The first-order valence-corrected chi connectivity index (χ1v) is 7.05. The molecule has 8 heteroatoms. The van der Waals surface area contributed by atoms with Crippen molar-refractivity contribution in [3.05, 3.63) is 0 Å². The Labute approximate surface area is 121 Å². The zero-order valence-corrected chi connectivity index (χ0v) is 11.6. The van der Waals surface area contributed by atoms with Crippen LogP contribution < -0.4 is 5.32 Å². The number of carbonyl (C=O) groups excluding carboxylic acids is 3. The van der Waals surface area contributed by atoms with E-state index in [-0.39, 0.29) is 18.6 Å². The number of urea groups is 1. The second-order valence-electron chi connectivity index (χ2n) is 5.89. The molecule has 3 aliphatic heterocycles. The third-order valence-corrected chi connectivity index (χ3v) is 4.74. The summed E-state index contributed by atoms with van der Waals surface area (Å²) in [4.78, 5) is 49.8. The predicted octanol–water partition coefficient (Wildman–Crippen LogP) is -0.609. The van der Waals surface area contributed by atoms with E-state index in [1.54, 1.807) is 11.8 Å². The summed E-state index contributed by atoms with van der Waals surface area (Å²) >= 11 is 0. The Balaban J connectivity index is 1.81. The average Bonchev–Trinajstić information content (AvgIpc) is 2.99. The first-order chi connectivity index (χ1) is 9.90. The van der Waals surface area contributed by atoms with Crippen LogP contribution in [0.1, 0.15) is 26.2 Å². The fourth-order valence-corrected chi connectivity index (χ4v) is 3.65. The van der Waals surface area contributed by atoms with Crippen molar-refractivity contribution >= 4 is 23.8 Å². The van der Waals surface area contributed by atoms with E-state index in [1.807, 2.05) is 0 Å². The number of aliphatic carboxylic acids is 1. The van der Waals surface area contributed by atoms with E-state index in [1.165, 1.54) is 4.90 Å². The van der Waals surface area contributed by atoms with Gasteiger partial charge in [-0.3, -0.25) is 19.7 Å². The van der Waals surface area contributed by atoms with Crippen molar-refractivity contribution in [3.8, 4) is 0 Å². The van der Waals surface area contributed by atoms with Gasteiger partial charge in [-0.15, -0.1) is 0 Å². The van der Waals surface area contributed by atoms with E-state index < -0.39 is 35.8 Å². The van der Waals surface area contributed by atoms with Crippen LogP contribution in [-0.2, 0) is 14.4 Å². The standard InChI is InChI=1S/C13H17N3O5/c1-6-11(18)14-10(17)5-15(6)13(21)16-7-2-3-9(16)8(4-7)12(19)20/h6-9H,2-5H2,1H3,(H,19,20)(H,14,17,18). The Morgan fingerprint density at radius 2 is 2.00 bits per heavy atom. The summed E-state index contributed by atoms with van der Waals surface area (Å²) < 4.78 is 0. The second-order valence-corrected chi connectivity index (χ2v) is 5.89. The zero-order valence-electron chi connectivity index (χ0n) is 11.6. The molecular formula is C13H17N3O5. The van der Waals surface area contributed by atoms with Crippen LogP contribution in [0.2, 0.25) is 0 Å². The molecule has 0 radical (unpaired) electrons. The summed E-state index contributed by atoms with van der Waals surface area (Å²) in [7, 11) is 0. The van der Waals surface area contributed by atoms with E-state index >= 15 is 0 Å². The maximum atomic E-state index is 12.7. The monoisotopic (exact) mass is 295 g/mol. The van der Waals surface area contributed by atoms with Gasteiger partial charge in [0.2, 0.25) is 11.8 Å². The van der Waals surface area contributed by atoms with Crippen LogP contribution in [0.25, 0.3) is 0 Å². The van der Waals surface area contributed by atoms with E-state index in [2.05, 4.69) is 5.32 Å². The zero-order chi connectivity index (χ0) is 15.3. The van der Waals surface area contributed by atoms with Crippen molar-refractivity contribution in [1.29, 1.82) is 0 Å². The summed E-state index contributed by atoms with van der Waals surface area (Å²) in [5.41, 5.74) is 0. The minimum Gasteiger partial charge on any atom is -0.481 e. The largest absolute Gasteiger partial charge is 0.481 e. The molecule has 8 nitrogen and oxygen atoms in total. The average molecular weight is 295 g/mol. The third-order valence-electron chi connectivity index (χ3n) is 4.74. The number of amides is 4. The first-order valence-electron chi connectivity index (χ1n) is 7.05. The minimum atomic E-state index is -0.888. The molecule has 0 aromatic carbocycles. The van der Waals surface area contributed by atoms with Crippen LogP contribution in [0.3, 0.4) is 0 Å². The van der Waals surface area contributed by atoms with Crippen LogP contribution in [-0.4, -0.2) is 63.4 Å². The topological polar surface area (TPSA) is 107 Å². The van der Waals surface area contributed by atoms with Gasteiger partial charge in [0.25, 0.3) is 0 Å². The molecule has 2 N–H and O–H groups in total. The number of carbonyl (C=O) groups is 4. The van der Waals surface area contributed by atoms with Crippen LogP contribution >= 0.6 is 0 Å². The van der Waals surface area contributed by atoms with Gasteiger partial charge in [-0.05, 0) is 26.2 Å². The Hall–Kier alpha value is -2.12. The van der Waals surface area contributed by atoms with Crippen molar-refractivity contribution < 1.29 is 24.3 Å². The van der Waals surface area contributed by atoms with Gasteiger partial charge in [-0.25, -0.2) is 4.79 Å². The number of nitrogens with one attached hydrogen (secondary N) is 1. The molecule has 4 atom stereocenters. The molecule has 2 bridgehead atoms. The molecule has 4 amide bonds. The molecule has 0 aromatic rings. The van der Waals surface area contributed by atoms with Gasteiger partial charge in [0.05, 0.1) is 5.92 Å². The molecule has 3 fully saturated rings. The maximum absolute atomic E-state index is 12.7. The van der Waals surface area contributed by atoms with Crippen LogP contribution in [0.5, 0.6) is 0 Å². The smallest absolute Gasteiger partial charge is 0.321 e. The summed E-state index contributed by atoms with van der Waals surface area (Å²) in [5.74, 6) is -2.44. The van der Waals surface area contributed by atoms with Gasteiger partial charge in [-0.1, -0.05) is 0 Å². The first kappa shape index (κ1) is 13.8. The number of rotatable bonds is 1. The normalized spacial score (nSPS) is 35.1. The minimum absolute atomic E-state index is 0.101. The molecular weight excluding hydrogens is 278 g/mol. The predicted molar refractivity (Wildman–Crippen MR) is 69.1 cm³/mol. The molecule has 3 rings (SSSR count). The Bertz CT molecular complexity index is 534. The lowest BCUT2D eigenvalue weighted by Gasteiger charge is -2.36. The molecule has 4 unspecified atom stereocenters.